The first-order chi connectivity index (χ1) is 8.95. The molecule has 5 nitrogen and oxygen atoms in total. The fraction of sp³-hybridized carbons (Fsp3) is 0.462. The van der Waals surface area contributed by atoms with Crippen molar-refractivity contribution >= 4 is 11.6 Å². The Hall–Kier alpha value is -1.46. The average Bonchev–Trinajstić information content (AvgIpc) is 2.65. The van der Waals surface area contributed by atoms with E-state index in [9.17, 15) is 0 Å². The lowest BCUT2D eigenvalue weighted by molar-refractivity contribution is 0.730. The van der Waals surface area contributed by atoms with E-state index in [1.807, 2.05) is 13.8 Å². The number of halogens is 1. The van der Waals surface area contributed by atoms with E-state index in [0.717, 1.165) is 28.6 Å². The first kappa shape index (κ1) is 14.0. The Morgan fingerprint density at radius 1 is 1.37 bits per heavy atom. The molecule has 2 rings (SSSR count). The summed E-state index contributed by atoms with van der Waals surface area (Å²) < 4.78 is 1.75. The summed E-state index contributed by atoms with van der Waals surface area (Å²) in [5, 5.41) is 5.08. The molecule has 0 spiro atoms. The second kappa shape index (κ2) is 5.27. The first-order valence-corrected chi connectivity index (χ1v) is 6.61. The SMILES string of the molecule is Cc1nn(-c2cnc(C(C)C)nc2CN)c(C)c1Cl. The Labute approximate surface area is 117 Å². The van der Waals surface area contributed by atoms with Crippen LogP contribution >= 0.6 is 11.6 Å². The van der Waals surface area contributed by atoms with E-state index in [4.69, 9.17) is 17.3 Å². The van der Waals surface area contributed by atoms with Crippen LogP contribution in [0.5, 0.6) is 0 Å². The highest BCUT2D eigenvalue weighted by molar-refractivity contribution is 6.31. The molecule has 102 valence electrons. The van der Waals surface area contributed by atoms with E-state index >= 15 is 0 Å². The van der Waals surface area contributed by atoms with Gasteiger partial charge in [0.05, 0.1) is 28.3 Å². The van der Waals surface area contributed by atoms with Crippen molar-refractivity contribution in [1.29, 1.82) is 0 Å². The van der Waals surface area contributed by atoms with Gasteiger partial charge >= 0.3 is 0 Å². The van der Waals surface area contributed by atoms with Gasteiger partial charge in [0, 0.05) is 12.5 Å². The van der Waals surface area contributed by atoms with Gasteiger partial charge in [-0.3, -0.25) is 0 Å². The minimum atomic E-state index is 0.267. The largest absolute Gasteiger partial charge is 0.325 e. The minimum absolute atomic E-state index is 0.267. The highest BCUT2D eigenvalue weighted by atomic mass is 35.5. The van der Waals surface area contributed by atoms with Crippen molar-refractivity contribution < 1.29 is 0 Å². The second-order valence-electron chi connectivity index (χ2n) is 4.82. The van der Waals surface area contributed by atoms with Gasteiger partial charge in [0.1, 0.15) is 11.5 Å². The summed E-state index contributed by atoms with van der Waals surface area (Å²) in [7, 11) is 0. The van der Waals surface area contributed by atoms with Gasteiger partial charge in [-0.25, -0.2) is 14.6 Å². The molecule has 0 unspecified atom stereocenters. The predicted molar refractivity (Wildman–Crippen MR) is 75.6 cm³/mol. The number of aryl methyl sites for hydroxylation is 1. The zero-order valence-electron chi connectivity index (χ0n) is 11.6. The van der Waals surface area contributed by atoms with E-state index < -0.39 is 0 Å². The molecule has 0 saturated carbocycles. The molecule has 0 bridgehead atoms. The van der Waals surface area contributed by atoms with Gasteiger partial charge in [-0.05, 0) is 13.8 Å². The molecule has 0 aliphatic rings. The topological polar surface area (TPSA) is 69.6 Å². The lowest BCUT2D eigenvalue weighted by Gasteiger charge is -2.11. The average molecular weight is 280 g/mol. The van der Waals surface area contributed by atoms with Crippen LogP contribution in [0.2, 0.25) is 5.02 Å². The molecule has 0 fully saturated rings. The Balaban J connectivity index is 2.58. The van der Waals surface area contributed by atoms with Crippen LogP contribution in [0.25, 0.3) is 5.69 Å². The van der Waals surface area contributed by atoms with Gasteiger partial charge in [0.2, 0.25) is 0 Å². The van der Waals surface area contributed by atoms with Crippen LogP contribution in [-0.4, -0.2) is 19.7 Å². The zero-order chi connectivity index (χ0) is 14.2. The fourth-order valence-electron chi connectivity index (χ4n) is 1.89. The van der Waals surface area contributed by atoms with E-state index in [1.54, 1.807) is 10.9 Å². The predicted octanol–water partition coefficient (Wildman–Crippen LogP) is 2.51. The quantitative estimate of drug-likeness (QED) is 0.937. The molecular formula is C13H18ClN5. The van der Waals surface area contributed by atoms with Crippen LogP contribution < -0.4 is 5.73 Å². The number of aromatic nitrogens is 4. The van der Waals surface area contributed by atoms with E-state index in [0.29, 0.717) is 11.6 Å². The molecule has 0 saturated heterocycles. The summed E-state index contributed by atoms with van der Waals surface area (Å²) >= 11 is 6.17. The molecule has 2 heterocycles. The number of nitrogens with two attached hydrogens (primary N) is 1. The lowest BCUT2D eigenvalue weighted by atomic mass is 10.2. The summed E-state index contributed by atoms with van der Waals surface area (Å²) in [4.78, 5) is 8.88. The third-order valence-electron chi connectivity index (χ3n) is 3.01. The van der Waals surface area contributed by atoms with Gasteiger partial charge in [-0.1, -0.05) is 25.4 Å². The molecule has 6 heteroatoms. The zero-order valence-corrected chi connectivity index (χ0v) is 12.4. The van der Waals surface area contributed by atoms with Crippen LogP contribution in [0.1, 0.15) is 42.7 Å². The molecule has 0 aromatic carbocycles. The Morgan fingerprint density at radius 2 is 2.05 bits per heavy atom. The van der Waals surface area contributed by atoms with Crippen molar-refractivity contribution in [3.8, 4) is 5.69 Å². The van der Waals surface area contributed by atoms with Gasteiger partial charge in [-0.15, -0.1) is 0 Å². The van der Waals surface area contributed by atoms with Gasteiger partial charge < -0.3 is 5.73 Å². The summed E-state index contributed by atoms with van der Waals surface area (Å²) in [6, 6.07) is 0. The normalized spacial score (nSPS) is 11.3. The van der Waals surface area contributed by atoms with Crippen LogP contribution in [0.3, 0.4) is 0 Å². The van der Waals surface area contributed by atoms with Crippen molar-refractivity contribution in [2.45, 2.75) is 40.2 Å². The van der Waals surface area contributed by atoms with Crippen LogP contribution in [-0.2, 0) is 6.54 Å². The Bertz CT molecular complexity index is 603. The summed E-state index contributed by atoms with van der Waals surface area (Å²) in [5.74, 6) is 1.06. The molecule has 0 aliphatic heterocycles. The van der Waals surface area contributed by atoms with Crippen molar-refractivity contribution in [3.05, 3.63) is 34.1 Å². The highest BCUT2D eigenvalue weighted by Crippen LogP contribution is 2.23. The van der Waals surface area contributed by atoms with Crippen molar-refractivity contribution in [1.82, 2.24) is 19.7 Å². The van der Waals surface area contributed by atoms with Crippen molar-refractivity contribution in [2.24, 2.45) is 5.73 Å². The molecular weight excluding hydrogens is 262 g/mol. The standard InChI is InChI=1S/C13H18ClN5/c1-7(2)13-16-6-11(10(5-15)17-13)19-9(4)12(14)8(3)18-19/h6-7H,5,15H2,1-4H3. The first-order valence-electron chi connectivity index (χ1n) is 6.23. The molecule has 2 N–H and O–H groups in total. The lowest BCUT2D eigenvalue weighted by Crippen LogP contribution is -2.12. The van der Waals surface area contributed by atoms with Crippen molar-refractivity contribution in [3.63, 3.8) is 0 Å². The molecule has 2 aromatic heterocycles. The minimum Gasteiger partial charge on any atom is -0.325 e. The molecule has 2 aromatic rings. The molecule has 19 heavy (non-hydrogen) atoms. The Kier molecular flexibility index (Phi) is 3.87. The third kappa shape index (κ3) is 2.48. The molecule has 0 radical (unpaired) electrons. The van der Waals surface area contributed by atoms with Crippen LogP contribution in [0.4, 0.5) is 0 Å². The van der Waals surface area contributed by atoms with Crippen LogP contribution in [0.15, 0.2) is 6.20 Å². The summed E-state index contributed by atoms with van der Waals surface area (Å²) in [5.41, 5.74) is 9.01. The maximum Gasteiger partial charge on any atom is 0.131 e. The summed E-state index contributed by atoms with van der Waals surface area (Å²) in [6.07, 6.45) is 1.76. The molecule has 0 amide bonds. The maximum absolute atomic E-state index is 6.17. The number of nitrogens with zero attached hydrogens (tertiary/aromatic N) is 4. The third-order valence-corrected chi connectivity index (χ3v) is 3.55. The molecule has 0 aliphatic carbocycles. The van der Waals surface area contributed by atoms with Gasteiger partial charge in [0.15, 0.2) is 0 Å². The van der Waals surface area contributed by atoms with E-state index in [2.05, 4.69) is 28.9 Å². The smallest absolute Gasteiger partial charge is 0.131 e. The molecule has 0 atom stereocenters. The second-order valence-corrected chi connectivity index (χ2v) is 5.19. The van der Waals surface area contributed by atoms with Crippen LogP contribution in [0, 0.1) is 13.8 Å². The van der Waals surface area contributed by atoms with Gasteiger partial charge in [-0.2, -0.15) is 5.10 Å². The fourth-order valence-corrected chi connectivity index (χ4v) is 2.01. The monoisotopic (exact) mass is 279 g/mol. The maximum atomic E-state index is 6.17. The van der Waals surface area contributed by atoms with E-state index in [1.165, 1.54) is 0 Å². The van der Waals surface area contributed by atoms with Crippen molar-refractivity contribution in [2.75, 3.05) is 0 Å². The number of hydrogen-bond acceptors (Lipinski definition) is 4. The summed E-state index contributed by atoms with van der Waals surface area (Å²) in [6.45, 7) is 8.23. The Morgan fingerprint density at radius 3 is 2.53 bits per heavy atom. The highest BCUT2D eigenvalue weighted by Gasteiger charge is 2.15. The number of rotatable bonds is 3. The van der Waals surface area contributed by atoms with Gasteiger partial charge in [0.25, 0.3) is 0 Å². The van der Waals surface area contributed by atoms with E-state index in [-0.39, 0.29) is 5.92 Å². The number of hydrogen-bond donors (Lipinski definition) is 1.